The Bertz CT molecular complexity index is 704. The van der Waals surface area contributed by atoms with Gasteiger partial charge in [0.2, 0.25) is 0 Å². The Hall–Kier alpha value is -3.02. The summed E-state index contributed by atoms with van der Waals surface area (Å²) in [6.07, 6.45) is 0.361. The molecule has 0 radical (unpaired) electrons. The number of benzene rings is 2. The standard InChI is InChI=1S/C19H22N2O4/c1-24-16-10-6-9-15(11-16)13-20-19(23)21-17(18(22)25-2)12-14-7-4-3-5-8-14/h3-11,17H,12-13H2,1-2H3,(H2,20,21,23). The van der Waals surface area contributed by atoms with Crippen LogP contribution in [0.15, 0.2) is 54.6 Å². The number of ether oxygens (including phenoxy) is 2. The predicted molar refractivity (Wildman–Crippen MR) is 94.3 cm³/mol. The molecule has 0 aliphatic rings. The fraction of sp³-hybridized carbons (Fsp3) is 0.263. The summed E-state index contributed by atoms with van der Waals surface area (Å²) in [5, 5.41) is 5.39. The first-order chi connectivity index (χ1) is 12.1. The molecule has 2 rings (SSSR count). The first kappa shape index (κ1) is 18.3. The summed E-state index contributed by atoms with van der Waals surface area (Å²) >= 11 is 0. The maximum atomic E-state index is 12.1. The molecule has 0 saturated heterocycles. The normalized spacial score (nSPS) is 11.3. The fourth-order valence-electron chi connectivity index (χ4n) is 2.36. The monoisotopic (exact) mass is 342 g/mol. The van der Waals surface area contributed by atoms with Gasteiger partial charge in [0.1, 0.15) is 11.8 Å². The van der Waals surface area contributed by atoms with Gasteiger partial charge in [-0.15, -0.1) is 0 Å². The first-order valence-corrected chi connectivity index (χ1v) is 7.91. The maximum Gasteiger partial charge on any atom is 0.328 e. The second-order valence-electron chi connectivity index (χ2n) is 5.44. The number of hydrogen-bond donors (Lipinski definition) is 2. The largest absolute Gasteiger partial charge is 0.497 e. The molecule has 0 aromatic heterocycles. The van der Waals surface area contributed by atoms with Crippen LogP contribution < -0.4 is 15.4 Å². The summed E-state index contributed by atoms with van der Waals surface area (Å²) in [5.41, 5.74) is 1.83. The molecule has 1 atom stereocenters. The van der Waals surface area contributed by atoms with Gasteiger partial charge in [0.25, 0.3) is 0 Å². The van der Waals surface area contributed by atoms with Crippen LogP contribution >= 0.6 is 0 Å². The Morgan fingerprint density at radius 2 is 1.72 bits per heavy atom. The van der Waals surface area contributed by atoms with E-state index in [1.165, 1.54) is 7.11 Å². The number of hydrogen-bond acceptors (Lipinski definition) is 4. The average molecular weight is 342 g/mol. The van der Waals surface area contributed by atoms with Crippen molar-refractivity contribution in [2.24, 2.45) is 0 Å². The lowest BCUT2D eigenvalue weighted by molar-refractivity contribution is -0.142. The van der Waals surface area contributed by atoms with Crippen molar-refractivity contribution in [3.05, 3.63) is 65.7 Å². The van der Waals surface area contributed by atoms with Gasteiger partial charge in [-0.3, -0.25) is 0 Å². The molecule has 6 heteroatoms. The van der Waals surface area contributed by atoms with Crippen molar-refractivity contribution >= 4 is 12.0 Å². The molecule has 132 valence electrons. The highest BCUT2D eigenvalue weighted by Crippen LogP contribution is 2.12. The van der Waals surface area contributed by atoms with Crippen LogP contribution in [0.1, 0.15) is 11.1 Å². The zero-order valence-electron chi connectivity index (χ0n) is 14.3. The molecule has 0 spiro atoms. The van der Waals surface area contributed by atoms with Crippen LogP contribution in [0.25, 0.3) is 0 Å². The van der Waals surface area contributed by atoms with Crippen molar-refractivity contribution in [1.29, 1.82) is 0 Å². The molecule has 0 bridgehead atoms. The Morgan fingerprint density at radius 1 is 1.00 bits per heavy atom. The Labute approximate surface area is 147 Å². The highest BCUT2D eigenvalue weighted by molar-refractivity contribution is 5.83. The fourth-order valence-corrected chi connectivity index (χ4v) is 2.36. The lowest BCUT2D eigenvalue weighted by Gasteiger charge is -2.17. The smallest absolute Gasteiger partial charge is 0.328 e. The number of carbonyl (C=O) groups is 2. The van der Waals surface area contributed by atoms with E-state index in [2.05, 4.69) is 10.6 Å². The van der Waals surface area contributed by atoms with Crippen LogP contribution in [0.4, 0.5) is 4.79 Å². The number of rotatable bonds is 7. The van der Waals surface area contributed by atoms with Gasteiger partial charge >= 0.3 is 12.0 Å². The highest BCUT2D eigenvalue weighted by atomic mass is 16.5. The van der Waals surface area contributed by atoms with E-state index >= 15 is 0 Å². The van der Waals surface area contributed by atoms with Crippen molar-refractivity contribution in [2.45, 2.75) is 19.0 Å². The van der Waals surface area contributed by atoms with E-state index in [-0.39, 0.29) is 0 Å². The summed E-state index contributed by atoms with van der Waals surface area (Å²) in [7, 11) is 2.89. The summed E-state index contributed by atoms with van der Waals surface area (Å²) in [4.78, 5) is 24.1. The van der Waals surface area contributed by atoms with Crippen LogP contribution in [-0.2, 0) is 22.5 Å². The molecule has 1 unspecified atom stereocenters. The minimum absolute atomic E-state index is 0.322. The van der Waals surface area contributed by atoms with Crippen LogP contribution in [0.3, 0.4) is 0 Å². The number of carbonyl (C=O) groups excluding carboxylic acids is 2. The second kappa shape index (κ2) is 9.32. The van der Waals surface area contributed by atoms with Gasteiger partial charge in [-0.05, 0) is 23.3 Å². The quantitative estimate of drug-likeness (QED) is 0.757. The number of urea groups is 1. The van der Waals surface area contributed by atoms with Crippen molar-refractivity contribution < 1.29 is 19.1 Å². The van der Waals surface area contributed by atoms with Crippen LogP contribution in [0, 0.1) is 0 Å². The summed E-state index contributed by atoms with van der Waals surface area (Å²) < 4.78 is 9.93. The van der Waals surface area contributed by atoms with Crippen LogP contribution in [-0.4, -0.2) is 32.3 Å². The zero-order valence-corrected chi connectivity index (χ0v) is 14.3. The van der Waals surface area contributed by atoms with E-state index in [0.717, 1.165) is 16.9 Å². The lowest BCUT2D eigenvalue weighted by Crippen LogP contribution is -2.47. The second-order valence-corrected chi connectivity index (χ2v) is 5.44. The lowest BCUT2D eigenvalue weighted by atomic mass is 10.1. The zero-order chi connectivity index (χ0) is 18.1. The van der Waals surface area contributed by atoms with E-state index in [4.69, 9.17) is 9.47 Å². The molecule has 0 aliphatic carbocycles. The van der Waals surface area contributed by atoms with Crippen molar-refractivity contribution in [3.63, 3.8) is 0 Å². The molecule has 0 aliphatic heterocycles. The molecular formula is C19H22N2O4. The van der Waals surface area contributed by atoms with Gasteiger partial charge in [-0.2, -0.15) is 0 Å². The highest BCUT2D eigenvalue weighted by Gasteiger charge is 2.21. The van der Waals surface area contributed by atoms with E-state index in [1.807, 2.05) is 54.6 Å². The average Bonchev–Trinajstić information content (AvgIpc) is 2.66. The molecule has 2 N–H and O–H groups in total. The van der Waals surface area contributed by atoms with E-state index in [0.29, 0.717) is 13.0 Å². The third kappa shape index (κ3) is 5.84. The predicted octanol–water partition coefficient (Wildman–Crippen LogP) is 2.28. The third-order valence-electron chi connectivity index (χ3n) is 3.66. The summed E-state index contributed by atoms with van der Waals surface area (Å²) in [6, 6.07) is 15.7. The Morgan fingerprint density at radius 3 is 2.40 bits per heavy atom. The molecule has 25 heavy (non-hydrogen) atoms. The van der Waals surface area contributed by atoms with Gasteiger partial charge in [0.05, 0.1) is 14.2 Å². The third-order valence-corrected chi connectivity index (χ3v) is 3.66. The van der Waals surface area contributed by atoms with Gasteiger partial charge in [0, 0.05) is 13.0 Å². The number of methoxy groups -OCH3 is 2. The number of nitrogens with one attached hydrogen (secondary N) is 2. The SMILES string of the molecule is COC(=O)C(Cc1ccccc1)NC(=O)NCc1cccc(OC)c1. The van der Waals surface area contributed by atoms with E-state index in [9.17, 15) is 9.59 Å². The van der Waals surface area contributed by atoms with E-state index < -0.39 is 18.0 Å². The van der Waals surface area contributed by atoms with Crippen molar-refractivity contribution in [2.75, 3.05) is 14.2 Å². The minimum atomic E-state index is -0.752. The topological polar surface area (TPSA) is 76.7 Å². The minimum Gasteiger partial charge on any atom is -0.497 e. The van der Waals surface area contributed by atoms with Crippen LogP contribution in [0.2, 0.25) is 0 Å². The molecule has 2 amide bonds. The molecule has 2 aromatic rings. The van der Waals surface area contributed by atoms with Gasteiger partial charge in [-0.1, -0.05) is 42.5 Å². The van der Waals surface area contributed by atoms with Crippen molar-refractivity contribution in [3.8, 4) is 5.75 Å². The number of amides is 2. The van der Waals surface area contributed by atoms with Gasteiger partial charge in [-0.25, -0.2) is 9.59 Å². The molecule has 0 saturated carbocycles. The summed E-state index contributed by atoms with van der Waals surface area (Å²) in [6.45, 7) is 0.322. The number of esters is 1. The van der Waals surface area contributed by atoms with Crippen LogP contribution in [0.5, 0.6) is 5.75 Å². The Kier molecular flexibility index (Phi) is 6.83. The molecule has 0 heterocycles. The first-order valence-electron chi connectivity index (χ1n) is 7.91. The molecule has 2 aromatic carbocycles. The van der Waals surface area contributed by atoms with Crippen molar-refractivity contribution in [1.82, 2.24) is 10.6 Å². The Balaban J connectivity index is 1.93. The summed E-state index contributed by atoms with van der Waals surface area (Å²) in [5.74, 6) is 0.233. The van der Waals surface area contributed by atoms with E-state index in [1.54, 1.807) is 7.11 Å². The molecule has 6 nitrogen and oxygen atoms in total. The van der Waals surface area contributed by atoms with Gasteiger partial charge in [0.15, 0.2) is 0 Å². The molecule has 0 fully saturated rings. The maximum absolute atomic E-state index is 12.1. The van der Waals surface area contributed by atoms with Gasteiger partial charge < -0.3 is 20.1 Å². The molecular weight excluding hydrogens is 320 g/mol.